The van der Waals surface area contributed by atoms with Crippen LogP contribution in [0.5, 0.6) is 0 Å². The molecule has 0 atom stereocenters. The lowest BCUT2D eigenvalue weighted by Crippen LogP contribution is -2.04. The summed E-state index contributed by atoms with van der Waals surface area (Å²) in [5.74, 6) is -1.64. The summed E-state index contributed by atoms with van der Waals surface area (Å²) >= 11 is 5.59. The molecular weight excluding hydrogens is 246 g/mol. The van der Waals surface area contributed by atoms with E-state index in [4.69, 9.17) is 11.6 Å². The van der Waals surface area contributed by atoms with Gasteiger partial charge in [0.05, 0.1) is 5.56 Å². The maximum Gasteiger partial charge on any atom is 0.195 e. The second-order valence-corrected chi connectivity index (χ2v) is 3.90. The van der Waals surface area contributed by atoms with Crippen LogP contribution < -0.4 is 0 Å². The maximum atomic E-state index is 13.5. The van der Waals surface area contributed by atoms with Gasteiger partial charge in [0.25, 0.3) is 0 Å². The third-order valence-electron chi connectivity index (χ3n) is 2.28. The van der Waals surface area contributed by atoms with Crippen LogP contribution in [0.2, 0.25) is 5.02 Å². The molecule has 0 fully saturated rings. The van der Waals surface area contributed by atoms with Crippen molar-refractivity contribution in [2.24, 2.45) is 0 Å². The minimum atomic E-state index is -0.688. The van der Waals surface area contributed by atoms with Gasteiger partial charge in [-0.05, 0) is 42.5 Å². The predicted molar refractivity (Wildman–Crippen MR) is 61.2 cm³/mol. The highest BCUT2D eigenvalue weighted by molar-refractivity contribution is 6.30. The largest absolute Gasteiger partial charge is 0.288 e. The van der Waals surface area contributed by atoms with Gasteiger partial charge < -0.3 is 0 Å². The van der Waals surface area contributed by atoms with E-state index in [-0.39, 0.29) is 16.1 Å². The minimum Gasteiger partial charge on any atom is -0.288 e. The van der Waals surface area contributed by atoms with Crippen LogP contribution >= 0.6 is 11.6 Å². The summed E-state index contributed by atoms with van der Waals surface area (Å²) in [6, 6.07) is 8.74. The van der Waals surface area contributed by atoms with Crippen molar-refractivity contribution >= 4 is 17.4 Å². The number of halogens is 3. The lowest BCUT2D eigenvalue weighted by molar-refractivity contribution is 0.103. The lowest BCUT2D eigenvalue weighted by atomic mass is 10.0. The fourth-order valence-electron chi connectivity index (χ4n) is 1.43. The highest BCUT2D eigenvalue weighted by Gasteiger charge is 2.14. The second-order valence-electron chi connectivity index (χ2n) is 3.46. The molecule has 0 amide bonds. The fourth-order valence-corrected chi connectivity index (χ4v) is 1.59. The van der Waals surface area contributed by atoms with Crippen molar-refractivity contribution in [2.75, 3.05) is 0 Å². The van der Waals surface area contributed by atoms with Crippen LogP contribution in [0.3, 0.4) is 0 Å². The van der Waals surface area contributed by atoms with Gasteiger partial charge in [0.1, 0.15) is 11.6 Å². The highest BCUT2D eigenvalue weighted by atomic mass is 35.5. The van der Waals surface area contributed by atoms with Crippen molar-refractivity contribution in [1.29, 1.82) is 0 Å². The van der Waals surface area contributed by atoms with Crippen molar-refractivity contribution in [3.8, 4) is 0 Å². The monoisotopic (exact) mass is 252 g/mol. The SMILES string of the molecule is O=C(c1ccc(F)cc1)c1ccc(Cl)cc1F. The number of benzene rings is 2. The quantitative estimate of drug-likeness (QED) is 0.742. The van der Waals surface area contributed by atoms with Crippen molar-refractivity contribution < 1.29 is 13.6 Å². The standard InChI is InChI=1S/C13H7ClF2O/c14-9-3-6-11(12(16)7-9)13(17)8-1-4-10(15)5-2-8/h1-7H. The molecule has 0 saturated carbocycles. The topological polar surface area (TPSA) is 17.1 Å². The van der Waals surface area contributed by atoms with E-state index in [9.17, 15) is 13.6 Å². The van der Waals surface area contributed by atoms with Crippen molar-refractivity contribution in [2.45, 2.75) is 0 Å². The molecule has 86 valence electrons. The van der Waals surface area contributed by atoms with Gasteiger partial charge in [-0.25, -0.2) is 8.78 Å². The van der Waals surface area contributed by atoms with Crippen LogP contribution in [-0.4, -0.2) is 5.78 Å². The van der Waals surface area contributed by atoms with Crippen molar-refractivity contribution in [3.63, 3.8) is 0 Å². The maximum absolute atomic E-state index is 13.5. The van der Waals surface area contributed by atoms with Crippen LogP contribution in [0.25, 0.3) is 0 Å². The normalized spacial score (nSPS) is 10.3. The fraction of sp³-hybridized carbons (Fsp3) is 0. The first-order chi connectivity index (χ1) is 8.08. The Kier molecular flexibility index (Phi) is 3.20. The summed E-state index contributed by atoms with van der Waals surface area (Å²) in [6.45, 7) is 0. The van der Waals surface area contributed by atoms with E-state index < -0.39 is 17.4 Å². The van der Waals surface area contributed by atoms with E-state index in [0.29, 0.717) is 0 Å². The Bertz CT molecular complexity index is 564. The molecule has 4 heteroatoms. The number of rotatable bonds is 2. The van der Waals surface area contributed by atoms with Gasteiger partial charge in [-0.1, -0.05) is 11.6 Å². The zero-order chi connectivity index (χ0) is 12.4. The van der Waals surface area contributed by atoms with E-state index in [1.807, 2.05) is 0 Å². The highest BCUT2D eigenvalue weighted by Crippen LogP contribution is 2.18. The van der Waals surface area contributed by atoms with E-state index in [1.54, 1.807) is 0 Å². The van der Waals surface area contributed by atoms with Gasteiger partial charge in [-0.2, -0.15) is 0 Å². The van der Waals surface area contributed by atoms with Gasteiger partial charge in [-0.15, -0.1) is 0 Å². The Labute approximate surface area is 102 Å². The molecule has 17 heavy (non-hydrogen) atoms. The molecule has 1 nitrogen and oxygen atoms in total. The Morgan fingerprint density at radius 3 is 2.24 bits per heavy atom. The molecule has 0 aromatic heterocycles. The summed E-state index contributed by atoms with van der Waals surface area (Å²) in [4.78, 5) is 11.9. The molecular formula is C13H7ClF2O. The number of carbonyl (C=O) groups excluding carboxylic acids is 1. The number of hydrogen-bond donors (Lipinski definition) is 0. The van der Waals surface area contributed by atoms with Crippen LogP contribution in [0.15, 0.2) is 42.5 Å². The summed E-state index contributed by atoms with van der Waals surface area (Å²) in [6.07, 6.45) is 0. The van der Waals surface area contributed by atoms with Crippen LogP contribution in [-0.2, 0) is 0 Å². The smallest absolute Gasteiger partial charge is 0.195 e. The van der Waals surface area contributed by atoms with Crippen LogP contribution in [0, 0.1) is 11.6 Å². The third-order valence-corrected chi connectivity index (χ3v) is 2.52. The molecule has 0 bridgehead atoms. The summed E-state index contributed by atoms with van der Waals surface area (Å²) in [5, 5.41) is 0.221. The zero-order valence-electron chi connectivity index (χ0n) is 8.58. The third kappa shape index (κ3) is 2.50. The molecule has 0 spiro atoms. The predicted octanol–water partition coefficient (Wildman–Crippen LogP) is 3.85. The molecule has 0 N–H and O–H groups in total. The van der Waals surface area contributed by atoms with E-state index in [1.165, 1.54) is 24.3 Å². The summed E-state index contributed by atoms with van der Waals surface area (Å²) in [5.41, 5.74) is 0.147. The molecule has 0 heterocycles. The summed E-state index contributed by atoms with van der Waals surface area (Å²) < 4.78 is 26.2. The molecule has 0 saturated heterocycles. The van der Waals surface area contributed by atoms with Gasteiger partial charge in [0.2, 0.25) is 0 Å². The lowest BCUT2D eigenvalue weighted by Gasteiger charge is -2.03. The molecule has 0 aliphatic rings. The van der Waals surface area contributed by atoms with Crippen molar-refractivity contribution in [1.82, 2.24) is 0 Å². The van der Waals surface area contributed by atoms with Gasteiger partial charge in [0.15, 0.2) is 5.78 Å². The average Bonchev–Trinajstić information content (AvgIpc) is 2.29. The molecule has 2 rings (SSSR count). The van der Waals surface area contributed by atoms with Crippen molar-refractivity contribution in [3.05, 3.63) is 70.2 Å². The number of carbonyl (C=O) groups is 1. The summed E-state index contributed by atoms with van der Waals surface area (Å²) in [7, 11) is 0. The Hall–Kier alpha value is -1.74. The van der Waals surface area contributed by atoms with Gasteiger partial charge >= 0.3 is 0 Å². The zero-order valence-corrected chi connectivity index (χ0v) is 9.34. The van der Waals surface area contributed by atoms with Crippen LogP contribution in [0.1, 0.15) is 15.9 Å². The number of ketones is 1. The molecule has 0 aliphatic carbocycles. The Morgan fingerprint density at radius 1 is 1.00 bits per heavy atom. The van der Waals surface area contributed by atoms with Gasteiger partial charge in [0, 0.05) is 10.6 Å². The average molecular weight is 253 g/mol. The first kappa shape index (κ1) is 11.7. The Balaban J connectivity index is 2.40. The molecule has 0 radical (unpaired) electrons. The second kappa shape index (κ2) is 4.63. The molecule has 2 aromatic rings. The first-order valence-electron chi connectivity index (χ1n) is 4.83. The molecule has 2 aromatic carbocycles. The van der Waals surface area contributed by atoms with E-state index >= 15 is 0 Å². The molecule has 0 aliphatic heterocycles. The number of hydrogen-bond acceptors (Lipinski definition) is 1. The van der Waals surface area contributed by atoms with Gasteiger partial charge in [-0.3, -0.25) is 4.79 Å². The van der Waals surface area contributed by atoms with E-state index in [2.05, 4.69) is 0 Å². The molecule has 0 unspecified atom stereocenters. The van der Waals surface area contributed by atoms with Crippen LogP contribution in [0.4, 0.5) is 8.78 Å². The minimum absolute atomic E-state index is 0.0824. The Morgan fingerprint density at radius 2 is 1.65 bits per heavy atom. The van der Waals surface area contributed by atoms with E-state index in [0.717, 1.165) is 18.2 Å². The first-order valence-corrected chi connectivity index (χ1v) is 5.21.